The van der Waals surface area contributed by atoms with Crippen LogP contribution in [0.4, 0.5) is 5.69 Å². The number of nitrogens with one attached hydrogen (secondary N) is 2. The van der Waals surface area contributed by atoms with Gasteiger partial charge in [-0.3, -0.25) is 4.79 Å². The van der Waals surface area contributed by atoms with E-state index < -0.39 is 11.6 Å². The summed E-state index contributed by atoms with van der Waals surface area (Å²) < 4.78 is 11.5. The lowest BCUT2D eigenvalue weighted by Gasteiger charge is -2.08. The van der Waals surface area contributed by atoms with Gasteiger partial charge in [-0.1, -0.05) is 15.9 Å². The maximum absolute atomic E-state index is 12.6. The summed E-state index contributed by atoms with van der Waals surface area (Å²) in [5, 5.41) is 3.99. The number of H-pyrrole nitrogens is 1. The molecule has 0 saturated carbocycles. The third-order valence-electron chi connectivity index (χ3n) is 4.37. The lowest BCUT2D eigenvalue weighted by Crippen LogP contribution is -2.08. The molecule has 8 heteroatoms. The molecule has 0 atom stereocenters. The molecule has 0 radical (unpaired) electrons. The minimum atomic E-state index is -0.570. The molecule has 1 amide bonds. The van der Waals surface area contributed by atoms with Gasteiger partial charge in [0.15, 0.2) is 0 Å². The Balaban J connectivity index is 1.62. The number of benzene rings is 2. The third kappa shape index (κ3) is 3.93. The second-order valence-corrected chi connectivity index (χ2v) is 7.37. The maximum Gasteiger partial charge on any atom is 0.340 e. The second kappa shape index (κ2) is 7.56. The van der Waals surface area contributed by atoms with Gasteiger partial charge < -0.3 is 19.5 Å². The number of hydrogen-bond acceptors (Lipinski definition) is 5. The average Bonchev–Trinajstić information content (AvgIpc) is 3.08. The van der Waals surface area contributed by atoms with Gasteiger partial charge in [0.2, 0.25) is 5.91 Å². The fourth-order valence-electron chi connectivity index (χ4n) is 3.11. The SMILES string of the molecule is CC(=O)Nc1ccc2c(COC(=O)c3c[nH]c4ccc(Br)cc34)cc(=O)oc2c1. The van der Waals surface area contributed by atoms with Gasteiger partial charge in [0.25, 0.3) is 0 Å². The fourth-order valence-corrected chi connectivity index (χ4v) is 3.47. The Morgan fingerprint density at radius 2 is 1.97 bits per heavy atom. The largest absolute Gasteiger partial charge is 0.457 e. The zero-order valence-electron chi connectivity index (χ0n) is 15.2. The van der Waals surface area contributed by atoms with Crippen molar-refractivity contribution < 1.29 is 18.7 Å². The highest BCUT2D eigenvalue weighted by molar-refractivity contribution is 9.10. The van der Waals surface area contributed by atoms with Crippen LogP contribution >= 0.6 is 15.9 Å². The lowest BCUT2D eigenvalue weighted by molar-refractivity contribution is -0.114. The zero-order chi connectivity index (χ0) is 20.5. The van der Waals surface area contributed by atoms with Crippen LogP contribution in [0.3, 0.4) is 0 Å². The Hall–Kier alpha value is -3.39. The van der Waals surface area contributed by atoms with Gasteiger partial charge in [0.05, 0.1) is 5.56 Å². The number of ether oxygens (including phenoxy) is 1. The number of aromatic nitrogens is 1. The Bertz CT molecular complexity index is 1320. The van der Waals surface area contributed by atoms with Crippen LogP contribution in [0.1, 0.15) is 22.8 Å². The monoisotopic (exact) mass is 454 g/mol. The Labute approximate surface area is 172 Å². The number of carbonyl (C=O) groups excluding carboxylic acids is 2. The first-order valence-electron chi connectivity index (χ1n) is 8.69. The summed E-state index contributed by atoms with van der Waals surface area (Å²) in [4.78, 5) is 38.8. The van der Waals surface area contributed by atoms with Crippen molar-refractivity contribution >= 4 is 55.4 Å². The van der Waals surface area contributed by atoms with E-state index in [9.17, 15) is 14.4 Å². The maximum atomic E-state index is 12.6. The van der Waals surface area contributed by atoms with Crippen molar-refractivity contribution in [2.24, 2.45) is 0 Å². The van der Waals surface area contributed by atoms with Crippen LogP contribution in [0.15, 0.2) is 62.3 Å². The number of halogens is 1. The van der Waals surface area contributed by atoms with Crippen LogP contribution in [0.2, 0.25) is 0 Å². The van der Waals surface area contributed by atoms with Gasteiger partial charge in [-0.05, 0) is 30.3 Å². The number of carbonyl (C=O) groups is 2. The molecule has 0 saturated heterocycles. The van der Waals surface area contributed by atoms with E-state index in [-0.39, 0.29) is 12.5 Å². The molecule has 0 aliphatic heterocycles. The normalized spacial score (nSPS) is 11.0. The van der Waals surface area contributed by atoms with E-state index in [4.69, 9.17) is 9.15 Å². The standard InChI is InChI=1S/C21H15BrN2O5/c1-11(25)24-14-3-4-15-12(6-20(26)29-19(15)8-14)10-28-21(27)17-9-23-18-5-2-13(22)7-16(17)18/h2-9,23H,10H2,1H3,(H,24,25). The van der Waals surface area contributed by atoms with Crippen molar-refractivity contribution in [2.75, 3.05) is 5.32 Å². The van der Waals surface area contributed by atoms with Crippen molar-refractivity contribution in [1.82, 2.24) is 4.98 Å². The molecular weight excluding hydrogens is 440 g/mol. The summed E-state index contributed by atoms with van der Waals surface area (Å²) >= 11 is 3.39. The summed E-state index contributed by atoms with van der Waals surface area (Å²) in [5.74, 6) is -0.743. The summed E-state index contributed by atoms with van der Waals surface area (Å²) in [6, 6.07) is 11.8. The van der Waals surface area contributed by atoms with Crippen LogP contribution in [-0.2, 0) is 16.1 Å². The van der Waals surface area contributed by atoms with Gasteiger partial charge in [0.1, 0.15) is 12.2 Å². The molecule has 2 heterocycles. The fraction of sp³-hybridized carbons (Fsp3) is 0.0952. The number of esters is 1. The molecule has 7 nitrogen and oxygen atoms in total. The number of hydrogen-bond donors (Lipinski definition) is 2. The van der Waals surface area contributed by atoms with Crippen LogP contribution in [0.5, 0.6) is 0 Å². The molecule has 4 aromatic rings. The summed E-state index contributed by atoms with van der Waals surface area (Å²) in [5.41, 5.74) is 1.97. The number of fused-ring (bicyclic) bond motifs is 2. The van der Waals surface area contributed by atoms with Gasteiger partial charge in [0, 0.05) is 57.3 Å². The van der Waals surface area contributed by atoms with Crippen molar-refractivity contribution in [2.45, 2.75) is 13.5 Å². The summed E-state index contributed by atoms with van der Waals surface area (Å²) in [6.07, 6.45) is 1.59. The van der Waals surface area contributed by atoms with Gasteiger partial charge >= 0.3 is 11.6 Å². The van der Waals surface area contributed by atoms with E-state index in [1.807, 2.05) is 18.2 Å². The van der Waals surface area contributed by atoms with Crippen LogP contribution in [0.25, 0.3) is 21.9 Å². The van der Waals surface area contributed by atoms with Crippen molar-refractivity contribution in [3.05, 3.63) is 74.7 Å². The zero-order valence-corrected chi connectivity index (χ0v) is 16.8. The van der Waals surface area contributed by atoms with E-state index in [1.54, 1.807) is 24.4 Å². The smallest absolute Gasteiger partial charge is 0.340 e. The van der Waals surface area contributed by atoms with E-state index in [1.165, 1.54) is 13.0 Å². The van der Waals surface area contributed by atoms with Gasteiger partial charge in [-0.15, -0.1) is 0 Å². The van der Waals surface area contributed by atoms with E-state index in [0.29, 0.717) is 27.8 Å². The molecular formula is C21H15BrN2O5. The molecule has 0 fully saturated rings. The highest BCUT2D eigenvalue weighted by Gasteiger charge is 2.15. The van der Waals surface area contributed by atoms with Crippen molar-refractivity contribution in [3.63, 3.8) is 0 Å². The molecule has 2 aromatic heterocycles. The highest BCUT2D eigenvalue weighted by Crippen LogP contribution is 2.25. The molecule has 146 valence electrons. The van der Waals surface area contributed by atoms with Crippen molar-refractivity contribution in [1.29, 1.82) is 0 Å². The molecule has 29 heavy (non-hydrogen) atoms. The summed E-state index contributed by atoms with van der Waals surface area (Å²) in [6.45, 7) is 1.29. The molecule has 2 N–H and O–H groups in total. The Morgan fingerprint density at radius 1 is 1.14 bits per heavy atom. The molecule has 0 bridgehead atoms. The van der Waals surface area contributed by atoms with Gasteiger partial charge in [-0.25, -0.2) is 9.59 Å². The molecule has 0 unspecified atom stereocenters. The van der Waals surface area contributed by atoms with Crippen LogP contribution < -0.4 is 10.9 Å². The van der Waals surface area contributed by atoms with Crippen molar-refractivity contribution in [3.8, 4) is 0 Å². The first-order valence-corrected chi connectivity index (χ1v) is 9.48. The first kappa shape index (κ1) is 18.9. The quantitative estimate of drug-likeness (QED) is 0.352. The van der Waals surface area contributed by atoms with E-state index in [0.717, 1.165) is 15.4 Å². The topological polar surface area (TPSA) is 101 Å². The number of aromatic amines is 1. The Morgan fingerprint density at radius 3 is 2.76 bits per heavy atom. The van der Waals surface area contributed by atoms with E-state index >= 15 is 0 Å². The minimum absolute atomic E-state index is 0.0961. The number of anilines is 1. The van der Waals surface area contributed by atoms with Crippen LogP contribution in [0, 0.1) is 0 Å². The van der Waals surface area contributed by atoms with Crippen LogP contribution in [-0.4, -0.2) is 16.9 Å². The third-order valence-corrected chi connectivity index (χ3v) is 4.87. The molecule has 0 aliphatic carbocycles. The predicted molar refractivity (Wildman–Crippen MR) is 112 cm³/mol. The number of rotatable bonds is 4. The Kier molecular flexibility index (Phi) is 4.94. The summed E-state index contributed by atoms with van der Waals surface area (Å²) in [7, 11) is 0. The number of amides is 1. The lowest BCUT2D eigenvalue weighted by atomic mass is 10.1. The highest BCUT2D eigenvalue weighted by atomic mass is 79.9. The van der Waals surface area contributed by atoms with E-state index in [2.05, 4.69) is 26.2 Å². The molecule has 4 rings (SSSR count). The molecule has 0 aliphatic rings. The van der Waals surface area contributed by atoms with Gasteiger partial charge in [-0.2, -0.15) is 0 Å². The molecule has 0 spiro atoms. The predicted octanol–water partition coefficient (Wildman–Crippen LogP) is 4.35. The first-order chi connectivity index (χ1) is 13.9. The second-order valence-electron chi connectivity index (χ2n) is 6.45. The molecule has 2 aromatic carbocycles. The minimum Gasteiger partial charge on any atom is -0.457 e. The average molecular weight is 455 g/mol.